The monoisotopic (exact) mass is 248 g/mol. The predicted molar refractivity (Wildman–Crippen MR) is 63.4 cm³/mol. The topological polar surface area (TPSA) is 33.2 Å². The fourth-order valence-electron chi connectivity index (χ4n) is 1.63. The van der Waals surface area contributed by atoms with Crippen molar-refractivity contribution in [1.29, 1.82) is 0 Å². The number of pyridine rings is 1. The summed E-state index contributed by atoms with van der Waals surface area (Å²) in [6.07, 6.45) is 1.50. The van der Waals surface area contributed by atoms with Gasteiger partial charge in [-0.25, -0.2) is 13.8 Å². The average molecular weight is 248 g/mol. The minimum Gasteiger partial charge on any atom is -0.274 e. The molecule has 2 aromatic rings. The summed E-state index contributed by atoms with van der Waals surface area (Å²) in [5.41, 5.74) is 0.110. The lowest BCUT2D eigenvalue weighted by molar-refractivity contribution is -0.115. The van der Waals surface area contributed by atoms with E-state index in [1.807, 2.05) is 0 Å². The third-order valence-electron chi connectivity index (χ3n) is 2.30. The van der Waals surface area contributed by atoms with E-state index in [4.69, 9.17) is 0 Å². The first kappa shape index (κ1) is 12.2. The fraction of sp³-hybridized carbons (Fsp3) is 0.0769. The Labute approximate surface area is 103 Å². The van der Waals surface area contributed by atoms with Crippen molar-refractivity contribution in [3.05, 3.63) is 54.2 Å². The summed E-state index contributed by atoms with van der Waals surface area (Å²) in [4.78, 5) is 16.7. The number of carbonyl (C=O) groups excluding carboxylic acids is 1. The van der Waals surface area contributed by atoms with Crippen molar-refractivity contribution in [3.8, 4) is 0 Å². The van der Waals surface area contributed by atoms with Gasteiger partial charge in [0.1, 0.15) is 17.5 Å². The maximum absolute atomic E-state index is 13.2. The number of nitrogens with zero attached hydrogens (tertiary/aromatic N) is 2. The summed E-state index contributed by atoms with van der Waals surface area (Å²) in [7, 11) is 0. The van der Waals surface area contributed by atoms with Crippen molar-refractivity contribution in [2.24, 2.45) is 0 Å². The molecular weight excluding hydrogens is 238 g/mol. The van der Waals surface area contributed by atoms with E-state index in [9.17, 15) is 13.6 Å². The molecule has 0 radical (unpaired) electrons. The van der Waals surface area contributed by atoms with Crippen LogP contribution in [0.5, 0.6) is 0 Å². The molecule has 0 N–H and O–H groups in total. The number of rotatable bonds is 2. The zero-order valence-electron chi connectivity index (χ0n) is 9.60. The Kier molecular flexibility index (Phi) is 3.32. The highest BCUT2D eigenvalue weighted by Crippen LogP contribution is 2.25. The third kappa shape index (κ3) is 2.51. The molecular formula is C13H10F2N2O. The molecule has 5 heteroatoms. The molecule has 0 bridgehead atoms. The van der Waals surface area contributed by atoms with Gasteiger partial charge in [0.25, 0.3) is 0 Å². The van der Waals surface area contributed by atoms with E-state index in [0.717, 1.165) is 23.1 Å². The second-order valence-corrected chi connectivity index (χ2v) is 3.67. The molecule has 1 amide bonds. The van der Waals surface area contributed by atoms with Gasteiger partial charge in [0.05, 0.1) is 5.69 Å². The summed E-state index contributed by atoms with van der Waals surface area (Å²) >= 11 is 0. The summed E-state index contributed by atoms with van der Waals surface area (Å²) < 4.78 is 26.3. The van der Waals surface area contributed by atoms with Gasteiger partial charge in [-0.3, -0.25) is 9.69 Å². The van der Waals surface area contributed by atoms with Crippen molar-refractivity contribution >= 4 is 17.4 Å². The molecule has 18 heavy (non-hydrogen) atoms. The van der Waals surface area contributed by atoms with Crippen LogP contribution >= 0.6 is 0 Å². The molecule has 1 heterocycles. The lowest BCUT2D eigenvalue weighted by atomic mass is 10.2. The van der Waals surface area contributed by atoms with Crippen LogP contribution in [0.1, 0.15) is 6.92 Å². The molecule has 0 atom stereocenters. The average Bonchev–Trinajstić information content (AvgIpc) is 2.28. The molecule has 0 spiro atoms. The van der Waals surface area contributed by atoms with Crippen LogP contribution in [0, 0.1) is 11.6 Å². The molecule has 0 saturated carbocycles. The van der Waals surface area contributed by atoms with Crippen molar-refractivity contribution in [2.45, 2.75) is 6.92 Å². The van der Waals surface area contributed by atoms with E-state index in [0.29, 0.717) is 5.82 Å². The van der Waals surface area contributed by atoms with Crippen LogP contribution in [0.2, 0.25) is 0 Å². The highest BCUT2D eigenvalue weighted by atomic mass is 19.1. The first-order chi connectivity index (χ1) is 8.58. The number of aromatic nitrogens is 1. The molecule has 1 aromatic carbocycles. The zero-order valence-corrected chi connectivity index (χ0v) is 9.60. The van der Waals surface area contributed by atoms with Crippen LogP contribution in [0.15, 0.2) is 42.6 Å². The first-order valence-corrected chi connectivity index (χ1v) is 5.26. The first-order valence-electron chi connectivity index (χ1n) is 5.26. The van der Waals surface area contributed by atoms with E-state index in [1.54, 1.807) is 18.2 Å². The summed E-state index contributed by atoms with van der Waals surface area (Å²) in [5.74, 6) is -1.55. The molecule has 0 saturated heterocycles. The normalized spacial score (nSPS) is 10.2. The van der Waals surface area contributed by atoms with Gasteiger partial charge < -0.3 is 0 Å². The Morgan fingerprint density at radius 2 is 1.83 bits per heavy atom. The molecule has 0 aliphatic carbocycles. The van der Waals surface area contributed by atoms with E-state index in [2.05, 4.69) is 4.98 Å². The predicted octanol–water partition coefficient (Wildman–Crippen LogP) is 3.04. The van der Waals surface area contributed by atoms with Crippen LogP contribution in [0.25, 0.3) is 0 Å². The molecule has 0 aliphatic rings. The van der Waals surface area contributed by atoms with Crippen LogP contribution in [-0.4, -0.2) is 10.9 Å². The van der Waals surface area contributed by atoms with Crippen molar-refractivity contribution < 1.29 is 13.6 Å². The SMILES string of the molecule is CC(=O)N(c1cc(F)cc(F)c1)c1ccccn1. The molecule has 0 unspecified atom stereocenters. The van der Waals surface area contributed by atoms with Gasteiger partial charge in [0, 0.05) is 19.2 Å². The molecule has 1 aromatic heterocycles. The zero-order chi connectivity index (χ0) is 13.1. The van der Waals surface area contributed by atoms with Gasteiger partial charge in [-0.05, 0) is 24.3 Å². The van der Waals surface area contributed by atoms with Crippen molar-refractivity contribution in [3.63, 3.8) is 0 Å². The minimum atomic E-state index is -0.743. The second kappa shape index (κ2) is 4.91. The van der Waals surface area contributed by atoms with Crippen molar-refractivity contribution in [1.82, 2.24) is 4.98 Å². The number of hydrogen-bond donors (Lipinski definition) is 0. The summed E-state index contributed by atoms with van der Waals surface area (Å²) in [5, 5.41) is 0. The molecule has 92 valence electrons. The van der Waals surface area contributed by atoms with Crippen LogP contribution in [0.4, 0.5) is 20.3 Å². The summed E-state index contributed by atoms with van der Waals surface area (Å²) in [6.45, 7) is 1.30. The lowest BCUT2D eigenvalue weighted by Crippen LogP contribution is -2.23. The van der Waals surface area contributed by atoms with Crippen molar-refractivity contribution in [2.75, 3.05) is 4.90 Å². The Balaban J connectivity index is 2.52. The Bertz CT molecular complexity index is 552. The second-order valence-electron chi connectivity index (χ2n) is 3.67. The van der Waals surface area contributed by atoms with Gasteiger partial charge in [-0.2, -0.15) is 0 Å². The number of anilines is 2. The maximum atomic E-state index is 13.2. The molecule has 3 nitrogen and oxygen atoms in total. The highest BCUT2D eigenvalue weighted by molar-refractivity contribution is 5.98. The Morgan fingerprint density at radius 3 is 2.33 bits per heavy atom. The maximum Gasteiger partial charge on any atom is 0.229 e. The molecule has 2 rings (SSSR count). The Morgan fingerprint density at radius 1 is 1.17 bits per heavy atom. The standard InChI is InChI=1S/C13H10F2N2O/c1-9(18)17(13-4-2-3-5-16-13)12-7-10(14)6-11(15)8-12/h2-8H,1H3. The highest BCUT2D eigenvalue weighted by Gasteiger charge is 2.16. The molecule has 0 fully saturated rings. The van der Waals surface area contributed by atoms with E-state index < -0.39 is 11.6 Å². The number of hydrogen-bond acceptors (Lipinski definition) is 2. The van der Waals surface area contributed by atoms with Gasteiger partial charge in [-0.15, -0.1) is 0 Å². The van der Waals surface area contributed by atoms with E-state index >= 15 is 0 Å². The number of carbonyl (C=O) groups is 1. The fourth-order valence-corrected chi connectivity index (χ4v) is 1.63. The lowest BCUT2D eigenvalue weighted by Gasteiger charge is -2.20. The Hall–Kier alpha value is -2.30. The van der Waals surface area contributed by atoms with Crippen LogP contribution in [0.3, 0.4) is 0 Å². The largest absolute Gasteiger partial charge is 0.274 e. The third-order valence-corrected chi connectivity index (χ3v) is 2.30. The summed E-state index contributed by atoms with van der Waals surface area (Å²) in [6, 6.07) is 7.88. The number of amides is 1. The quantitative estimate of drug-likeness (QED) is 0.818. The van der Waals surface area contributed by atoms with Gasteiger partial charge in [0.15, 0.2) is 0 Å². The van der Waals surface area contributed by atoms with Gasteiger partial charge in [-0.1, -0.05) is 6.07 Å². The van der Waals surface area contributed by atoms with E-state index in [1.165, 1.54) is 13.1 Å². The van der Waals surface area contributed by atoms with Crippen LogP contribution < -0.4 is 4.90 Å². The van der Waals surface area contributed by atoms with Gasteiger partial charge in [0.2, 0.25) is 5.91 Å². The van der Waals surface area contributed by atoms with Gasteiger partial charge >= 0.3 is 0 Å². The van der Waals surface area contributed by atoms with E-state index in [-0.39, 0.29) is 11.6 Å². The molecule has 0 aliphatic heterocycles. The smallest absolute Gasteiger partial charge is 0.229 e. The number of benzene rings is 1. The minimum absolute atomic E-state index is 0.110. The van der Waals surface area contributed by atoms with Crippen LogP contribution in [-0.2, 0) is 4.79 Å². The number of halogens is 2.